The van der Waals surface area contributed by atoms with Gasteiger partial charge in [0.1, 0.15) is 0 Å². The summed E-state index contributed by atoms with van der Waals surface area (Å²) in [4.78, 5) is 0. The smallest absolute Gasteiger partial charge is 0.282 e. The summed E-state index contributed by atoms with van der Waals surface area (Å²) < 4.78 is 25.8. The van der Waals surface area contributed by atoms with Crippen molar-refractivity contribution in [2.75, 3.05) is 0 Å². The lowest BCUT2D eigenvalue weighted by Crippen LogP contribution is -2.15. The molecular weight excluding hydrogens is 214 g/mol. The third-order valence-electron chi connectivity index (χ3n) is 2.36. The Morgan fingerprint density at radius 1 is 1.31 bits per heavy atom. The number of nitrogens with zero attached hydrogens (tertiary/aromatic N) is 2. The Balaban J connectivity index is 2.59. The van der Waals surface area contributed by atoms with Gasteiger partial charge in [0, 0.05) is 6.20 Å². The third kappa shape index (κ3) is 1.64. The van der Waals surface area contributed by atoms with Crippen molar-refractivity contribution < 1.29 is 13.9 Å². The summed E-state index contributed by atoms with van der Waals surface area (Å²) in [6.07, 6.45) is -3.37. The number of hydrogen-bond donors (Lipinski definition) is 1. The van der Waals surface area contributed by atoms with Gasteiger partial charge < -0.3 is 9.67 Å². The molecule has 0 radical (unpaired) electrons. The number of halogens is 2. The maximum atomic E-state index is 12.4. The van der Waals surface area contributed by atoms with Gasteiger partial charge in [0.25, 0.3) is 6.43 Å². The number of nitriles is 1. The number of alkyl halides is 2. The van der Waals surface area contributed by atoms with E-state index in [0.29, 0.717) is 16.5 Å². The van der Waals surface area contributed by atoms with Crippen molar-refractivity contribution in [3.05, 3.63) is 36.0 Å². The summed E-state index contributed by atoms with van der Waals surface area (Å²) in [5.74, 6) is 0. The molecule has 1 N–H and O–H groups in total. The first kappa shape index (κ1) is 10.6. The average Bonchev–Trinajstić information content (AvgIpc) is 2.70. The first-order valence-electron chi connectivity index (χ1n) is 4.60. The molecular formula is C11H8F2N2O. The zero-order valence-electron chi connectivity index (χ0n) is 8.14. The summed E-state index contributed by atoms with van der Waals surface area (Å²) in [6.45, 7) is 0. The first-order valence-corrected chi connectivity index (χ1v) is 4.60. The summed E-state index contributed by atoms with van der Waals surface area (Å²) in [5, 5.41) is 18.7. The van der Waals surface area contributed by atoms with Crippen molar-refractivity contribution in [1.82, 2.24) is 4.57 Å². The first-order chi connectivity index (χ1) is 7.63. The van der Waals surface area contributed by atoms with E-state index in [0.717, 1.165) is 4.57 Å². The number of fused-ring (bicyclic) bond motifs is 1. The molecule has 82 valence electrons. The summed E-state index contributed by atoms with van der Waals surface area (Å²) in [6, 6.07) is 8.26. The second-order valence-electron chi connectivity index (χ2n) is 3.36. The van der Waals surface area contributed by atoms with Crippen molar-refractivity contribution in [1.29, 1.82) is 5.26 Å². The fraction of sp³-hybridized carbons (Fsp3) is 0.182. The molecule has 0 saturated heterocycles. The normalized spacial score (nSPS) is 12.9. The van der Waals surface area contributed by atoms with E-state index in [1.165, 1.54) is 12.3 Å². The van der Waals surface area contributed by atoms with Gasteiger partial charge in [0.05, 0.1) is 17.1 Å². The van der Waals surface area contributed by atoms with Crippen molar-refractivity contribution in [3.63, 3.8) is 0 Å². The second kappa shape index (κ2) is 3.91. The molecule has 1 aromatic carbocycles. The fourth-order valence-corrected chi connectivity index (χ4v) is 1.57. The highest BCUT2D eigenvalue weighted by Crippen LogP contribution is 2.23. The zero-order chi connectivity index (χ0) is 11.7. The lowest BCUT2D eigenvalue weighted by molar-refractivity contribution is -0.0477. The molecule has 0 aliphatic rings. The molecule has 3 nitrogen and oxygen atoms in total. The molecule has 1 unspecified atom stereocenters. The Morgan fingerprint density at radius 2 is 2.06 bits per heavy atom. The van der Waals surface area contributed by atoms with Crippen LogP contribution >= 0.6 is 0 Å². The quantitative estimate of drug-likeness (QED) is 0.847. The van der Waals surface area contributed by atoms with Gasteiger partial charge in [-0.1, -0.05) is 6.07 Å². The minimum absolute atomic E-state index is 0.369. The lowest BCUT2D eigenvalue weighted by Gasteiger charge is -2.12. The molecule has 0 aliphatic heterocycles. The highest BCUT2D eigenvalue weighted by Gasteiger charge is 2.19. The highest BCUT2D eigenvalue weighted by molar-refractivity contribution is 5.81. The van der Waals surface area contributed by atoms with Gasteiger partial charge in [-0.15, -0.1) is 0 Å². The number of aromatic nitrogens is 1. The van der Waals surface area contributed by atoms with E-state index in [1.807, 2.05) is 6.07 Å². The molecule has 16 heavy (non-hydrogen) atoms. The number of hydrogen-bond acceptors (Lipinski definition) is 2. The molecule has 0 amide bonds. The maximum Gasteiger partial charge on any atom is 0.282 e. The molecule has 1 aromatic heterocycles. The monoisotopic (exact) mass is 222 g/mol. The fourth-order valence-electron chi connectivity index (χ4n) is 1.57. The number of aliphatic hydroxyl groups is 1. The van der Waals surface area contributed by atoms with E-state index in [4.69, 9.17) is 5.26 Å². The topological polar surface area (TPSA) is 49.0 Å². The SMILES string of the molecule is N#Cc1ccc2ccn(C(O)C(F)F)c2c1. The van der Waals surface area contributed by atoms with Crippen LogP contribution in [0.15, 0.2) is 30.5 Å². The third-order valence-corrected chi connectivity index (χ3v) is 2.36. The minimum atomic E-state index is -2.86. The van der Waals surface area contributed by atoms with Crippen LogP contribution in [0.5, 0.6) is 0 Å². The second-order valence-corrected chi connectivity index (χ2v) is 3.36. The van der Waals surface area contributed by atoms with Crippen molar-refractivity contribution in [2.45, 2.75) is 12.7 Å². The van der Waals surface area contributed by atoms with Crippen LogP contribution in [0, 0.1) is 11.3 Å². The van der Waals surface area contributed by atoms with Gasteiger partial charge >= 0.3 is 0 Å². The summed E-state index contributed by atoms with van der Waals surface area (Å²) >= 11 is 0. The molecule has 1 heterocycles. The summed E-state index contributed by atoms with van der Waals surface area (Å²) in [5.41, 5.74) is 0.792. The van der Waals surface area contributed by atoms with E-state index in [-0.39, 0.29) is 0 Å². The summed E-state index contributed by atoms with van der Waals surface area (Å²) in [7, 11) is 0. The van der Waals surface area contributed by atoms with Gasteiger partial charge in [-0.25, -0.2) is 8.78 Å². The van der Waals surface area contributed by atoms with Crippen LogP contribution in [0.1, 0.15) is 11.8 Å². The van der Waals surface area contributed by atoms with Crippen molar-refractivity contribution >= 4 is 10.9 Å². The maximum absolute atomic E-state index is 12.4. The van der Waals surface area contributed by atoms with Crippen LogP contribution < -0.4 is 0 Å². The standard InChI is InChI=1S/C11H8F2N2O/c12-10(13)11(16)15-4-3-8-2-1-7(6-14)5-9(8)15/h1-5,10-11,16H. The Labute approximate surface area is 90.1 Å². The van der Waals surface area contributed by atoms with Gasteiger partial charge in [-0.05, 0) is 23.6 Å². The van der Waals surface area contributed by atoms with Crippen LogP contribution in [-0.2, 0) is 0 Å². The largest absolute Gasteiger partial charge is 0.368 e. The Hall–Kier alpha value is -1.93. The minimum Gasteiger partial charge on any atom is -0.368 e. The van der Waals surface area contributed by atoms with Crippen LogP contribution in [0.4, 0.5) is 8.78 Å². The van der Waals surface area contributed by atoms with Gasteiger partial charge in [-0.3, -0.25) is 0 Å². The lowest BCUT2D eigenvalue weighted by atomic mass is 10.2. The highest BCUT2D eigenvalue weighted by atomic mass is 19.3. The molecule has 0 aliphatic carbocycles. The van der Waals surface area contributed by atoms with Gasteiger partial charge in [0.2, 0.25) is 0 Å². The molecule has 5 heteroatoms. The predicted octanol–water partition coefficient (Wildman–Crippen LogP) is 2.27. The number of rotatable bonds is 2. The van der Waals surface area contributed by atoms with E-state index < -0.39 is 12.7 Å². The van der Waals surface area contributed by atoms with Gasteiger partial charge in [-0.2, -0.15) is 5.26 Å². The van der Waals surface area contributed by atoms with E-state index in [1.54, 1.807) is 18.2 Å². The molecule has 2 aromatic rings. The van der Waals surface area contributed by atoms with Gasteiger partial charge in [0.15, 0.2) is 6.23 Å². The van der Waals surface area contributed by atoms with Crippen LogP contribution in [0.2, 0.25) is 0 Å². The van der Waals surface area contributed by atoms with E-state index in [9.17, 15) is 13.9 Å². The number of benzene rings is 1. The van der Waals surface area contributed by atoms with Crippen LogP contribution in [0.3, 0.4) is 0 Å². The number of aliphatic hydroxyl groups excluding tert-OH is 1. The van der Waals surface area contributed by atoms with E-state index in [2.05, 4.69) is 0 Å². The zero-order valence-corrected chi connectivity index (χ0v) is 8.14. The van der Waals surface area contributed by atoms with Crippen LogP contribution in [-0.4, -0.2) is 16.1 Å². The molecule has 0 spiro atoms. The predicted molar refractivity (Wildman–Crippen MR) is 53.9 cm³/mol. The van der Waals surface area contributed by atoms with Crippen molar-refractivity contribution in [3.8, 4) is 6.07 Å². The Bertz CT molecular complexity index is 557. The molecule has 0 saturated carbocycles. The molecule has 1 atom stereocenters. The molecule has 2 rings (SSSR count). The Kier molecular flexibility index (Phi) is 2.59. The molecule has 0 fully saturated rings. The average molecular weight is 222 g/mol. The Morgan fingerprint density at radius 3 is 2.69 bits per heavy atom. The molecule has 0 bridgehead atoms. The van der Waals surface area contributed by atoms with Crippen molar-refractivity contribution in [2.24, 2.45) is 0 Å². The van der Waals surface area contributed by atoms with E-state index >= 15 is 0 Å². The van der Waals surface area contributed by atoms with Crippen LogP contribution in [0.25, 0.3) is 10.9 Å².